The number of hydrogen-bond donors (Lipinski definition) is 1. The predicted molar refractivity (Wildman–Crippen MR) is 72.3 cm³/mol. The van der Waals surface area contributed by atoms with Gasteiger partial charge in [-0.15, -0.1) is 0 Å². The fourth-order valence-corrected chi connectivity index (χ4v) is 3.50. The van der Waals surface area contributed by atoms with Crippen LogP contribution >= 0.6 is 0 Å². The molecule has 5 heteroatoms. The smallest absolute Gasteiger partial charge is 0.218 e. The quantitative estimate of drug-likeness (QED) is 0.834. The molecular formula is C13H18N2O2S. The second-order valence-electron chi connectivity index (χ2n) is 4.40. The molecule has 1 aromatic carbocycles. The number of nitrogens with two attached hydrogens (primary N) is 1. The number of benzene rings is 1. The van der Waals surface area contributed by atoms with Crippen LogP contribution < -0.4 is 5.73 Å². The SMILES string of the molecule is NCc1cccc(CS(=O)(=O)N2CC=CCC2)c1. The summed E-state index contributed by atoms with van der Waals surface area (Å²) in [5.74, 6) is 0.0503. The molecule has 1 aromatic rings. The van der Waals surface area contributed by atoms with Gasteiger partial charge in [-0.2, -0.15) is 4.31 Å². The molecule has 0 atom stereocenters. The van der Waals surface area contributed by atoms with Crippen LogP contribution in [-0.4, -0.2) is 25.8 Å². The van der Waals surface area contributed by atoms with Crippen LogP contribution in [0.15, 0.2) is 36.4 Å². The number of rotatable bonds is 4. The Labute approximate surface area is 108 Å². The molecule has 0 saturated carbocycles. The Morgan fingerprint density at radius 2 is 2.00 bits per heavy atom. The zero-order valence-electron chi connectivity index (χ0n) is 10.2. The maximum absolute atomic E-state index is 12.2. The molecule has 0 spiro atoms. The summed E-state index contributed by atoms with van der Waals surface area (Å²) in [5.41, 5.74) is 7.31. The summed E-state index contributed by atoms with van der Waals surface area (Å²) >= 11 is 0. The lowest BCUT2D eigenvalue weighted by Crippen LogP contribution is -2.34. The van der Waals surface area contributed by atoms with E-state index in [9.17, 15) is 8.42 Å². The van der Waals surface area contributed by atoms with Crippen molar-refractivity contribution in [3.63, 3.8) is 0 Å². The Balaban J connectivity index is 2.14. The van der Waals surface area contributed by atoms with Crippen molar-refractivity contribution in [3.8, 4) is 0 Å². The van der Waals surface area contributed by atoms with Gasteiger partial charge in [-0.05, 0) is 17.5 Å². The Morgan fingerprint density at radius 3 is 2.67 bits per heavy atom. The van der Waals surface area contributed by atoms with Gasteiger partial charge in [0.15, 0.2) is 0 Å². The van der Waals surface area contributed by atoms with Crippen LogP contribution in [0.2, 0.25) is 0 Å². The minimum atomic E-state index is -3.22. The van der Waals surface area contributed by atoms with E-state index in [1.807, 2.05) is 36.4 Å². The highest BCUT2D eigenvalue weighted by Gasteiger charge is 2.22. The highest BCUT2D eigenvalue weighted by Crippen LogP contribution is 2.15. The van der Waals surface area contributed by atoms with Crippen LogP contribution in [0.4, 0.5) is 0 Å². The van der Waals surface area contributed by atoms with Crippen molar-refractivity contribution in [2.45, 2.75) is 18.7 Å². The highest BCUT2D eigenvalue weighted by atomic mass is 32.2. The van der Waals surface area contributed by atoms with Gasteiger partial charge in [-0.25, -0.2) is 8.42 Å². The lowest BCUT2D eigenvalue weighted by Gasteiger charge is -2.22. The summed E-state index contributed by atoms with van der Waals surface area (Å²) in [6.45, 7) is 1.49. The third kappa shape index (κ3) is 3.19. The summed E-state index contributed by atoms with van der Waals surface area (Å²) in [5, 5.41) is 0. The van der Waals surface area contributed by atoms with E-state index in [1.54, 1.807) is 0 Å². The van der Waals surface area contributed by atoms with E-state index in [1.165, 1.54) is 4.31 Å². The van der Waals surface area contributed by atoms with E-state index in [4.69, 9.17) is 5.73 Å². The summed E-state index contributed by atoms with van der Waals surface area (Å²) in [4.78, 5) is 0. The van der Waals surface area contributed by atoms with Gasteiger partial charge < -0.3 is 5.73 Å². The van der Waals surface area contributed by atoms with Crippen molar-refractivity contribution in [2.75, 3.05) is 13.1 Å². The van der Waals surface area contributed by atoms with Crippen molar-refractivity contribution in [3.05, 3.63) is 47.5 Å². The Morgan fingerprint density at radius 1 is 1.22 bits per heavy atom. The van der Waals surface area contributed by atoms with Gasteiger partial charge in [0.1, 0.15) is 0 Å². The highest BCUT2D eigenvalue weighted by molar-refractivity contribution is 7.88. The lowest BCUT2D eigenvalue weighted by molar-refractivity contribution is 0.437. The molecule has 1 heterocycles. The number of nitrogens with zero attached hydrogens (tertiary/aromatic N) is 1. The molecule has 98 valence electrons. The fraction of sp³-hybridized carbons (Fsp3) is 0.385. The van der Waals surface area contributed by atoms with Gasteiger partial charge in [0, 0.05) is 19.6 Å². The van der Waals surface area contributed by atoms with Gasteiger partial charge in [0.25, 0.3) is 0 Å². The lowest BCUT2D eigenvalue weighted by atomic mass is 10.1. The summed E-state index contributed by atoms with van der Waals surface area (Å²) in [6, 6.07) is 7.44. The molecule has 0 fully saturated rings. The summed E-state index contributed by atoms with van der Waals surface area (Å²) < 4.78 is 26.0. The van der Waals surface area contributed by atoms with Crippen LogP contribution in [0.1, 0.15) is 17.5 Å². The van der Waals surface area contributed by atoms with Gasteiger partial charge in [0.2, 0.25) is 10.0 Å². The van der Waals surface area contributed by atoms with Gasteiger partial charge in [-0.3, -0.25) is 0 Å². The fourth-order valence-electron chi connectivity index (χ4n) is 2.02. The molecule has 2 N–H and O–H groups in total. The number of hydrogen-bond acceptors (Lipinski definition) is 3. The normalized spacial score (nSPS) is 16.9. The van der Waals surface area contributed by atoms with Gasteiger partial charge in [-0.1, -0.05) is 36.4 Å². The van der Waals surface area contributed by atoms with Crippen molar-refractivity contribution in [2.24, 2.45) is 5.73 Å². The molecule has 0 aliphatic carbocycles. The van der Waals surface area contributed by atoms with Crippen LogP contribution in [0.5, 0.6) is 0 Å². The molecule has 0 bridgehead atoms. The first-order valence-corrected chi connectivity index (χ1v) is 7.63. The monoisotopic (exact) mass is 266 g/mol. The minimum Gasteiger partial charge on any atom is -0.326 e. The minimum absolute atomic E-state index is 0.0503. The average molecular weight is 266 g/mol. The molecule has 0 unspecified atom stereocenters. The Bertz CT molecular complexity index is 538. The first-order chi connectivity index (χ1) is 8.62. The average Bonchev–Trinajstić information content (AvgIpc) is 2.39. The Kier molecular flexibility index (Phi) is 4.16. The standard InChI is InChI=1S/C13H18N2O2S/c14-10-12-5-4-6-13(9-12)11-18(16,17)15-7-2-1-3-8-15/h1-2,4-6,9H,3,7-8,10-11,14H2. The van der Waals surface area contributed by atoms with Gasteiger partial charge >= 0.3 is 0 Å². The van der Waals surface area contributed by atoms with E-state index in [2.05, 4.69) is 0 Å². The molecule has 18 heavy (non-hydrogen) atoms. The molecule has 0 radical (unpaired) electrons. The van der Waals surface area contributed by atoms with Crippen LogP contribution in [0.3, 0.4) is 0 Å². The summed E-state index contributed by atoms with van der Waals surface area (Å²) in [7, 11) is -3.22. The van der Waals surface area contributed by atoms with E-state index < -0.39 is 10.0 Å². The molecule has 4 nitrogen and oxygen atoms in total. The van der Waals surface area contributed by atoms with Crippen LogP contribution in [0.25, 0.3) is 0 Å². The third-order valence-electron chi connectivity index (χ3n) is 2.99. The zero-order valence-corrected chi connectivity index (χ0v) is 11.1. The van der Waals surface area contributed by atoms with Crippen LogP contribution in [-0.2, 0) is 22.3 Å². The van der Waals surface area contributed by atoms with E-state index >= 15 is 0 Å². The second kappa shape index (κ2) is 5.65. The van der Waals surface area contributed by atoms with Crippen LogP contribution in [0, 0.1) is 0 Å². The topological polar surface area (TPSA) is 63.4 Å². The zero-order chi connectivity index (χ0) is 13.0. The van der Waals surface area contributed by atoms with Gasteiger partial charge in [0.05, 0.1) is 5.75 Å². The molecule has 0 amide bonds. The largest absolute Gasteiger partial charge is 0.326 e. The first-order valence-electron chi connectivity index (χ1n) is 6.02. The third-order valence-corrected chi connectivity index (χ3v) is 4.81. The van der Waals surface area contributed by atoms with E-state index in [0.717, 1.165) is 17.5 Å². The van der Waals surface area contributed by atoms with E-state index in [0.29, 0.717) is 19.6 Å². The molecule has 0 saturated heterocycles. The molecule has 0 aromatic heterocycles. The van der Waals surface area contributed by atoms with E-state index in [-0.39, 0.29) is 5.75 Å². The molecule has 2 rings (SSSR count). The molecule has 1 aliphatic rings. The second-order valence-corrected chi connectivity index (χ2v) is 6.37. The van der Waals surface area contributed by atoms with Crippen molar-refractivity contribution in [1.82, 2.24) is 4.31 Å². The number of sulfonamides is 1. The first kappa shape index (κ1) is 13.3. The van der Waals surface area contributed by atoms with Crippen molar-refractivity contribution in [1.29, 1.82) is 0 Å². The maximum Gasteiger partial charge on any atom is 0.218 e. The molecule has 1 aliphatic heterocycles. The van der Waals surface area contributed by atoms with Crippen molar-refractivity contribution >= 4 is 10.0 Å². The van der Waals surface area contributed by atoms with Crippen molar-refractivity contribution < 1.29 is 8.42 Å². The summed E-state index contributed by atoms with van der Waals surface area (Å²) in [6.07, 6.45) is 4.71. The molecular weight excluding hydrogens is 248 g/mol. The Hall–Kier alpha value is -1.17. The predicted octanol–water partition coefficient (Wildman–Crippen LogP) is 1.24. The maximum atomic E-state index is 12.2.